The lowest BCUT2D eigenvalue weighted by Crippen LogP contribution is -2.46. The first kappa shape index (κ1) is 15.0. The van der Waals surface area contributed by atoms with E-state index in [1.807, 2.05) is 0 Å². The molecular formula is C13H14F2N2O4. The molecule has 21 heavy (non-hydrogen) atoms. The number of halogens is 2. The molecule has 0 bridgehead atoms. The Bertz CT molecular complexity index is 565. The summed E-state index contributed by atoms with van der Waals surface area (Å²) in [5, 5.41) is 9.10. The SMILES string of the molecule is CN(CC(F)F)C(=O)N1CCOc2c(C(=O)O)cccc21. The van der Waals surface area contributed by atoms with Crippen LogP contribution in [0.5, 0.6) is 5.75 Å². The number of hydrogen-bond acceptors (Lipinski definition) is 3. The van der Waals surface area contributed by atoms with Crippen molar-refractivity contribution < 1.29 is 28.2 Å². The Hall–Kier alpha value is -2.38. The van der Waals surface area contributed by atoms with Gasteiger partial charge in [-0.1, -0.05) is 6.07 Å². The summed E-state index contributed by atoms with van der Waals surface area (Å²) in [7, 11) is 1.27. The molecule has 0 aliphatic carbocycles. The van der Waals surface area contributed by atoms with Crippen molar-refractivity contribution in [2.24, 2.45) is 0 Å². The zero-order valence-corrected chi connectivity index (χ0v) is 11.3. The van der Waals surface area contributed by atoms with Crippen molar-refractivity contribution in [3.8, 4) is 5.75 Å². The van der Waals surface area contributed by atoms with Gasteiger partial charge in [0.2, 0.25) is 0 Å². The van der Waals surface area contributed by atoms with Crippen LogP contribution in [0.15, 0.2) is 18.2 Å². The number of benzene rings is 1. The van der Waals surface area contributed by atoms with Crippen molar-refractivity contribution in [2.45, 2.75) is 6.43 Å². The Labute approximate surface area is 119 Å². The Balaban J connectivity index is 2.32. The summed E-state index contributed by atoms with van der Waals surface area (Å²) in [4.78, 5) is 25.5. The number of aromatic carboxylic acids is 1. The van der Waals surface area contributed by atoms with Gasteiger partial charge in [-0.25, -0.2) is 18.4 Å². The molecule has 1 heterocycles. The normalized spacial score (nSPS) is 13.6. The lowest BCUT2D eigenvalue weighted by molar-refractivity contribution is 0.0691. The molecule has 0 aromatic heterocycles. The lowest BCUT2D eigenvalue weighted by Gasteiger charge is -2.33. The van der Waals surface area contributed by atoms with Crippen LogP contribution in [0.2, 0.25) is 0 Å². The molecule has 1 aliphatic rings. The van der Waals surface area contributed by atoms with Crippen LogP contribution < -0.4 is 9.64 Å². The number of nitrogens with zero attached hydrogens (tertiary/aromatic N) is 2. The Morgan fingerprint density at radius 2 is 2.19 bits per heavy atom. The second-order valence-electron chi connectivity index (χ2n) is 4.51. The molecule has 1 N–H and O–H groups in total. The van der Waals surface area contributed by atoms with E-state index in [9.17, 15) is 18.4 Å². The molecule has 0 unspecified atom stereocenters. The van der Waals surface area contributed by atoms with Gasteiger partial charge in [0.25, 0.3) is 6.43 Å². The number of carboxylic acids is 1. The third kappa shape index (κ3) is 3.04. The standard InChI is InChI=1S/C13H14F2N2O4/c1-16(7-10(14)15)13(20)17-5-6-21-11-8(12(18)19)3-2-4-9(11)17/h2-4,10H,5-7H2,1H3,(H,18,19). The Kier molecular flexibility index (Phi) is 4.25. The molecular weight excluding hydrogens is 286 g/mol. The van der Waals surface area contributed by atoms with Crippen molar-refractivity contribution in [3.05, 3.63) is 23.8 Å². The minimum atomic E-state index is -2.63. The fraction of sp³-hybridized carbons (Fsp3) is 0.385. The van der Waals surface area contributed by atoms with E-state index in [1.165, 1.54) is 30.1 Å². The number of ether oxygens (including phenoxy) is 1. The smallest absolute Gasteiger partial charge is 0.339 e. The highest BCUT2D eigenvalue weighted by Crippen LogP contribution is 2.35. The van der Waals surface area contributed by atoms with Crippen molar-refractivity contribution in [1.82, 2.24) is 4.90 Å². The summed E-state index contributed by atoms with van der Waals surface area (Å²) in [5.41, 5.74) is 0.203. The third-order valence-electron chi connectivity index (χ3n) is 3.05. The van der Waals surface area contributed by atoms with Crippen molar-refractivity contribution in [2.75, 3.05) is 31.6 Å². The fourth-order valence-corrected chi connectivity index (χ4v) is 2.11. The number of carbonyl (C=O) groups is 2. The molecule has 2 rings (SSSR count). The number of alkyl halides is 2. The van der Waals surface area contributed by atoms with Gasteiger partial charge >= 0.3 is 12.0 Å². The van der Waals surface area contributed by atoms with Crippen molar-refractivity contribution >= 4 is 17.7 Å². The minimum Gasteiger partial charge on any atom is -0.489 e. The van der Waals surface area contributed by atoms with Crippen LogP contribution in [0.3, 0.4) is 0 Å². The van der Waals surface area contributed by atoms with Crippen LogP contribution in [0.1, 0.15) is 10.4 Å². The van der Waals surface area contributed by atoms with Crippen molar-refractivity contribution in [3.63, 3.8) is 0 Å². The molecule has 0 saturated carbocycles. The second kappa shape index (κ2) is 5.94. The van der Waals surface area contributed by atoms with E-state index in [0.717, 1.165) is 4.90 Å². The average Bonchev–Trinajstić information content (AvgIpc) is 2.44. The summed E-state index contributed by atoms with van der Waals surface area (Å²) in [6, 6.07) is 3.74. The maximum atomic E-state index is 12.4. The number of carboxylic acid groups (broad SMARTS) is 1. The molecule has 0 radical (unpaired) electrons. The Morgan fingerprint density at radius 3 is 2.81 bits per heavy atom. The summed E-state index contributed by atoms with van der Waals surface area (Å²) >= 11 is 0. The third-order valence-corrected chi connectivity index (χ3v) is 3.05. The monoisotopic (exact) mass is 300 g/mol. The van der Waals surface area contributed by atoms with Gasteiger partial charge in [0, 0.05) is 7.05 Å². The Morgan fingerprint density at radius 1 is 1.48 bits per heavy atom. The molecule has 8 heteroatoms. The number of amides is 2. The van der Waals surface area contributed by atoms with E-state index in [2.05, 4.69) is 0 Å². The molecule has 0 atom stereocenters. The molecule has 0 fully saturated rings. The van der Waals surface area contributed by atoms with Crippen LogP contribution in [0, 0.1) is 0 Å². The highest BCUT2D eigenvalue weighted by atomic mass is 19.3. The van der Waals surface area contributed by atoms with Gasteiger partial charge in [0.1, 0.15) is 12.2 Å². The average molecular weight is 300 g/mol. The molecule has 1 aliphatic heterocycles. The van der Waals surface area contributed by atoms with Crippen LogP contribution in [0.4, 0.5) is 19.3 Å². The number of fused-ring (bicyclic) bond motifs is 1. The molecule has 114 valence electrons. The fourth-order valence-electron chi connectivity index (χ4n) is 2.11. The quantitative estimate of drug-likeness (QED) is 0.925. The number of urea groups is 1. The molecule has 0 spiro atoms. The van der Waals surface area contributed by atoms with E-state index in [4.69, 9.17) is 9.84 Å². The summed E-state index contributed by atoms with van der Waals surface area (Å²) in [6.07, 6.45) is -2.63. The maximum absolute atomic E-state index is 12.4. The van der Waals surface area contributed by atoms with Gasteiger partial charge in [0.05, 0.1) is 18.8 Å². The van der Waals surface area contributed by atoms with E-state index >= 15 is 0 Å². The highest BCUT2D eigenvalue weighted by Gasteiger charge is 2.29. The first-order chi connectivity index (χ1) is 9.91. The molecule has 2 amide bonds. The summed E-state index contributed by atoms with van der Waals surface area (Å²) in [6.45, 7) is -0.418. The minimum absolute atomic E-state index is 0.0680. The largest absolute Gasteiger partial charge is 0.489 e. The zero-order valence-electron chi connectivity index (χ0n) is 11.3. The van der Waals surface area contributed by atoms with Crippen LogP contribution in [-0.4, -0.2) is 55.2 Å². The lowest BCUT2D eigenvalue weighted by atomic mass is 10.1. The van der Waals surface area contributed by atoms with Crippen LogP contribution >= 0.6 is 0 Å². The van der Waals surface area contributed by atoms with E-state index in [1.54, 1.807) is 0 Å². The zero-order chi connectivity index (χ0) is 15.6. The van der Waals surface area contributed by atoms with Crippen LogP contribution in [-0.2, 0) is 0 Å². The van der Waals surface area contributed by atoms with Gasteiger partial charge in [0.15, 0.2) is 5.75 Å². The topological polar surface area (TPSA) is 70.1 Å². The van der Waals surface area contributed by atoms with Gasteiger partial charge in [-0.15, -0.1) is 0 Å². The van der Waals surface area contributed by atoms with E-state index in [0.29, 0.717) is 0 Å². The van der Waals surface area contributed by atoms with E-state index < -0.39 is 25.0 Å². The predicted molar refractivity (Wildman–Crippen MR) is 70.3 cm³/mol. The molecule has 1 aromatic rings. The number of rotatable bonds is 3. The van der Waals surface area contributed by atoms with Gasteiger partial charge in [-0.2, -0.15) is 0 Å². The van der Waals surface area contributed by atoms with E-state index in [-0.39, 0.29) is 30.2 Å². The van der Waals surface area contributed by atoms with Gasteiger partial charge < -0.3 is 14.7 Å². The molecule has 0 saturated heterocycles. The van der Waals surface area contributed by atoms with Crippen molar-refractivity contribution in [1.29, 1.82) is 0 Å². The second-order valence-corrected chi connectivity index (χ2v) is 4.51. The first-order valence-corrected chi connectivity index (χ1v) is 6.21. The molecule has 1 aromatic carbocycles. The molecule has 6 nitrogen and oxygen atoms in total. The van der Waals surface area contributed by atoms with Gasteiger partial charge in [-0.3, -0.25) is 4.90 Å². The first-order valence-electron chi connectivity index (χ1n) is 6.21. The van der Waals surface area contributed by atoms with Gasteiger partial charge in [-0.05, 0) is 12.1 Å². The summed E-state index contributed by atoms with van der Waals surface area (Å²) < 4.78 is 30.0. The van der Waals surface area contributed by atoms with Crippen LogP contribution in [0.25, 0.3) is 0 Å². The number of carbonyl (C=O) groups excluding carboxylic acids is 1. The summed E-state index contributed by atoms with van der Waals surface area (Å²) in [5.74, 6) is -1.10. The number of anilines is 1. The highest BCUT2D eigenvalue weighted by molar-refractivity contribution is 5.99. The predicted octanol–water partition coefficient (Wildman–Crippen LogP) is 1.90. The number of hydrogen-bond donors (Lipinski definition) is 1. The maximum Gasteiger partial charge on any atom is 0.339 e. The number of para-hydroxylation sites is 1.